The third kappa shape index (κ3) is 7.84. The Hall–Kier alpha value is -2.57. The highest BCUT2D eigenvalue weighted by Gasteiger charge is 2.17. The zero-order valence-electron chi connectivity index (χ0n) is 19.7. The summed E-state index contributed by atoms with van der Waals surface area (Å²) >= 11 is 0. The Morgan fingerprint density at radius 3 is 2.62 bits per heavy atom. The number of aryl methyl sites for hydroxylation is 1. The largest absolute Gasteiger partial charge is 0.493 e. The van der Waals surface area contributed by atoms with Crippen LogP contribution in [0, 0.1) is 12.8 Å². The summed E-state index contributed by atoms with van der Waals surface area (Å²) in [6, 6.07) is 14.8. The van der Waals surface area contributed by atoms with Gasteiger partial charge in [-0.15, -0.1) is 0 Å². The van der Waals surface area contributed by atoms with Gasteiger partial charge in [0.05, 0.1) is 26.4 Å². The van der Waals surface area contributed by atoms with E-state index in [0.717, 1.165) is 50.1 Å². The van der Waals surface area contributed by atoms with E-state index < -0.39 is 0 Å². The second-order valence-electron chi connectivity index (χ2n) is 8.15. The summed E-state index contributed by atoms with van der Waals surface area (Å²) in [6.07, 6.45) is 1.07. The summed E-state index contributed by atoms with van der Waals surface area (Å²) in [7, 11) is 0. The molecule has 6 heteroatoms. The highest BCUT2D eigenvalue weighted by molar-refractivity contribution is 5.79. The van der Waals surface area contributed by atoms with Gasteiger partial charge >= 0.3 is 0 Å². The molecule has 6 nitrogen and oxygen atoms in total. The Kier molecular flexibility index (Phi) is 9.85. The highest BCUT2D eigenvalue weighted by atomic mass is 16.5. The van der Waals surface area contributed by atoms with Crippen molar-refractivity contribution in [1.29, 1.82) is 0 Å². The molecule has 2 aromatic rings. The van der Waals surface area contributed by atoms with Gasteiger partial charge in [0.1, 0.15) is 5.75 Å². The zero-order valence-corrected chi connectivity index (χ0v) is 19.7. The lowest BCUT2D eigenvalue weighted by atomic mass is 10.1. The minimum atomic E-state index is 0.482. The highest BCUT2D eigenvalue weighted by Crippen LogP contribution is 2.22. The maximum atomic E-state index is 6.17. The van der Waals surface area contributed by atoms with E-state index in [-0.39, 0.29) is 0 Å². The van der Waals surface area contributed by atoms with Crippen molar-refractivity contribution in [3.8, 4) is 5.75 Å². The van der Waals surface area contributed by atoms with Crippen LogP contribution in [0.15, 0.2) is 47.5 Å². The molecular formula is C26H37N3O3. The first-order valence-electron chi connectivity index (χ1n) is 11.7. The van der Waals surface area contributed by atoms with Crippen LogP contribution < -0.4 is 15.4 Å². The summed E-state index contributed by atoms with van der Waals surface area (Å²) in [5, 5.41) is 6.78. The molecule has 0 radical (unpaired) electrons. The molecule has 0 amide bonds. The zero-order chi connectivity index (χ0) is 22.6. The van der Waals surface area contributed by atoms with Gasteiger partial charge in [-0.05, 0) is 49.9 Å². The Bertz CT molecular complexity index is 846. The van der Waals surface area contributed by atoms with Gasteiger partial charge in [0, 0.05) is 37.8 Å². The molecule has 1 aliphatic heterocycles. The molecule has 1 atom stereocenters. The van der Waals surface area contributed by atoms with Gasteiger partial charge in [-0.25, -0.2) is 4.99 Å². The van der Waals surface area contributed by atoms with Crippen molar-refractivity contribution in [2.24, 2.45) is 10.9 Å². The number of guanidine groups is 1. The number of nitrogens with zero attached hydrogens (tertiary/aromatic N) is 1. The van der Waals surface area contributed by atoms with Crippen LogP contribution in [0.25, 0.3) is 0 Å². The predicted octanol–water partition coefficient (Wildman–Crippen LogP) is 4.20. The molecular weight excluding hydrogens is 402 g/mol. The van der Waals surface area contributed by atoms with Crippen LogP contribution in [0.3, 0.4) is 0 Å². The Balaban J connectivity index is 1.58. The SMILES string of the molecule is CCNC(=NCc1ccc(COCC)cc1)NCc1ccc(C)cc1OCC1CCOC1. The quantitative estimate of drug-likeness (QED) is 0.406. The number of rotatable bonds is 11. The number of benzene rings is 2. The van der Waals surface area contributed by atoms with Crippen LogP contribution in [-0.4, -0.2) is 38.9 Å². The molecule has 0 aromatic heterocycles. The van der Waals surface area contributed by atoms with E-state index >= 15 is 0 Å². The fraction of sp³-hybridized carbons (Fsp3) is 0.500. The number of hydrogen-bond acceptors (Lipinski definition) is 4. The van der Waals surface area contributed by atoms with Gasteiger partial charge in [-0.1, -0.05) is 36.4 Å². The van der Waals surface area contributed by atoms with E-state index in [1.165, 1.54) is 16.7 Å². The molecule has 1 fully saturated rings. The van der Waals surface area contributed by atoms with E-state index in [9.17, 15) is 0 Å². The molecule has 1 aliphatic rings. The summed E-state index contributed by atoms with van der Waals surface area (Å²) in [6.45, 7) is 12.0. The minimum absolute atomic E-state index is 0.482. The fourth-order valence-electron chi connectivity index (χ4n) is 3.52. The topological polar surface area (TPSA) is 64.1 Å². The van der Waals surface area contributed by atoms with Gasteiger partial charge in [-0.2, -0.15) is 0 Å². The Labute approximate surface area is 192 Å². The molecule has 1 saturated heterocycles. The lowest BCUT2D eigenvalue weighted by Crippen LogP contribution is -2.36. The van der Waals surface area contributed by atoms with Crippen molar-refractivity contribution < 1.29 is 14.2 Å². The normalized spacial score (nSPS) is 16.2. The van der Waals surface area contributed by atoms with Gasteiger partial charge in [-0.3, -0.25) is 0 Å². The second-order valence-corrected chi connectivity index (χ2v) is 8.15. The average Bonchev–Trinajstić information content (AvgIpc) is 3.33. The van der Waals surface area contributed by atoms with Crippen LogP contribution >= 0.6 is 0 Å². The van der Waals surface area contributed by atoms with E-state index in [1.54, 1.807) is 0 Å². The van der Waals surface area contributed by atoms with Crippen LogP contribution in [0.5, 0.6) is 5.75 Å². The molecule has 0 bridgehead atoms. The van der Waals surface area contributed by atoms with Gasteiger partial charge < -0.3 is 24.8 Å². The van der Waals surface area contributed by atoms with Crippen LogP contribution in [0.1, 0.15) is 42.5 Å². The minimum Gasteiger partial charge on any atom is -0.493 e. The molecule has 1 heterocycles. The van der Waals surface area contributed by atoms with Gasteiger partial charge in [0.15, 0.2) is 5.96 Å². The number of nitrogens with one attached hydrogen (secondary N) is 2. The van der Waals surface area contributed by atoms with Crippen molar-refractivity contribution in [2.45, 2.75) is 46.9 Å². The predicted molar refractivity (Wildman–Crippen MR) is 129 cm³/mol. The van der Waals surface area contributed by atoms with E-state index in [4.69, 9.17) is 19.2 Å². The lowest BCUT2D eigenvalue weighted by molar-refractivity contribution is 0.134. The van der Waals surface area contributed by atoms with Crippen LogP contribution in [-0.2, 0) is 29.2 Å². The second kappa shape index (κ2) is 13.1. The van der Waals surface area contributed by atoms with Crippen molar-refractivity contribution >= 4 is 5.96 Å². The van der Waals surface area contributed by atoms with Crippen molar-refractivity contribution in [1.82, 2.24) is 10.6 Å². The standard InChI is InChI=1S/C26H37N3O3/c1-4-27-26(28-15-21-7-9-22(10-8-21)17-30-5-2)29-16-24-11-6-20(3)14-25(24)32-19-23-12-13-31-18-23/h6-11,14,23H,4-5,12-13,15-19H2,1-3H3,(H2,27,28,29). The third-order valence-corrected chi connectivity index (χ3v) is 5.43. The molecule has 0 spiro atoms. The Morgan fingerprint density at radius 2 is 1.91 bits per heavy atom. The molecule has 0 aliphatic carbocycles. The van der Waals surface area contributed by atoms with Gasteiger partial charge in [0.25, 0.3) is 0 Å². The average molecular weight is 440 g/mol. The molecule has 0 saturated carbocycles. The summed E-state index contributed by atoms with van der Waals surface area (Å²) in [5.74, 6) is 2.21. The molecule has 174 valence electrons. The lowest BCUT2D eigenvalue weighted by Gasteiger charge is -2.17. The molecule has 2 N–H and O–H groups in total. The van der Waals surface area contributed by atoms with E-state index in [0.29, 0.717) is 32.2 Å². The third-order valence-electron chi connectivity index (χ3n) is 5.43. The van der Waals surface area contributed by atoms with E-state index in [2.05, 4.69) is 66.9 Å². The molecule has 32 heavy (non-hydrogen) atoms. The summed E-state index contributed by atoms with van der Waals surface area (Å²) in [5.41, 5.74) is 4.67. The summed E-state index contributed by atoms with van der Waals surface area (Å²) < 4.78 is 17.1. The fourth-order valence-corrected chi connectivity index (χ4v) is 3.52. The first-order valence-corrected chi connectivity index (χ1v) is 11.7. The number of hydrogen-bond donors (Lipinski definition) is 2. The number of ether oxygens (including phenoxy) is 3. The van der Waals surface area contributed by atoms with Gasteiger partial charge in [0.2, 0.25) is 0 Å². The molecule has 1 unspecified atom stereocenters. The van der Waals surface area contributed by atoms with Crippen molar-refractivity contribution in [3.63, 3.8) is 0 Å². The monoisotopic (exact) mass is 439 g/mol. The van der Waals surface area contributed by atoms with Crippen LogP contribution in [0.2, 0.25) is 0 Å². The van der Waals surface area contributed by atoms with E-state index in [1.807, 2.05) is 6.92 Å². The number of aliphatic imine (C=N–C) groups is 1. The molecule has 3 rings (SSSR count). The smallest absolute Gasteiger partial charge is 0.191 e. The summed E-state index contributed by atoms with van der Waals surface area (Å²) in [4.78, 5) is 4.75. The maximum Gasteiger partial charge on any atom is 0.191 e. The van der Waals surface area contributed by atoms with Crippen molar-refractivity contribution in [3.05, 3.63) is 64.7 Å². The first-order chi connectivity index (χ1) is 15.7. The van der Waals surface area contributed by atoms with Crippen LogP contribution in [0.4, 0.5) is 0 Å². The Morgan fingerprint density at radius 1 is 1.09 bits per heavy atom. The molecule has 2 aromatic carbocycles. The first kappa shape index (κ1) is 24.1. The van der Waals surface area contributed by atoms with Crippen molar-refractivity contribution in [2.75, 3.05) is 33.0 Å². The maximum absolute atomic E-state index is 6.17.